The van der Waals surface area contributed by atoms with E-state index in [-0.39, 0.29) is 0 Å². The molecule has 0 atom stereocenters. The first kappa shape index (κ1) is 13.9. The standard InChI is InChI=1S/C17H23NO/c1-13(2)12-18-9-5-4-6-16-11-15-10-14(3)7-8-17(15)19-16/h4,6-8,10-11,13,18H,5,9,12H2,1-3H3/b6-4+. The van der Waals surface area contributed by atoms with Crippen molar-refractivity contribution < 1.29 is 4.42 Å². The number of aryl methyl sites for hydroxylation is 1. The van der Waals surface area contributed by atoms with Crippen LogP contribution >= 0.6 is 0 Å². The summed E-state index contributed by atoms with van der Waals surface area (Å²) in [4.78, 5) is 0. The third-order valence-corrected chi connectivity index (χ3v) is 3.01. The molecule has 0 radical (unpaired) electrons. The van der Waals surface area contributed by atoms with Crippen LogP contribution in [0.5, 0.6) is 0 Å². The van der Waals surface area contributed by atoms with Crippen molar-refractivity contribution in [2.75, 3.05) is 13.1 Å². The molecule has 1 aromatic carbocycles. The third kappa shape index (κ3) is 4.25. The predicted octanol–water partition coefficient (Wildman–Crippen LogP) is 4.39. The molecule has 0 bridgehead atoms. The molecule has 0 amide bonds. The number of rotatable bonds is 6. The van der Waals surface area contributed by atoms with E-state index in [9.17, 15) is 0 Å². The highest BCUT2D eigenvalue weighted by Crippen LogP contribution is 2.21. The van der Waals surface area contributed by atoms with Crippen molar-refractivity contribution in [3.8, 4) is 0 Å². The lowest BCUT2D eigenvalue weighted by atomic mass is 10.2. The van der Waals surface area contributed by atoms with Gasteiger partial charge in [0.25, 0.3) is 0 Å². The summed E-state index contributed by atoms with van der Waals surface area (Å²) in [6, 6.07) is 8.36. The van der Waals surface area contributed by atoms with Crippen LogP contribution in [-0.2, 0) is 0 Å². The predicted molar refractivity (Wildman–Crippen MR) is 82.3 cm³/mol. The second-order valence-corrected chi connectivity index (χ2v) is 5.48. The van der Waals surface area contributed by atoms with Crippen molar-refractivity contribution >= 4 is 17.0 Å². The van der Waals surface area contributed by atoms with Gasteiger partial charge in [0, 0.05) is 5.39 Å². The summed E-state index contributed by atoms with van der Waals surface area (Å²) in [7, 11) is 0. The Morgan fingerprint density at radius 2 is 2.11 bits per heavy atom. The molecule has 102 valence electrons. The third-order valence-electron chi connectivity index (χ3n) is 3.01. The van der Waals surface area contributed by atoms with E-state index in [1.807, 2.05) is 6.07 Å². The van der Waals surface area contributed by atoms with Gasteiger partial charge in [-0.15, -0.1) is 0 Å². The zero-order valence-electron chi connectivity index (χ0n) is 12.1. The van der Waals surface area contributed by atoms with E-state index in [1.165, 1.54) is 10.9 Å². The number of hydrogen-bond acceptors (Lipinski definition) is 2. The molecule has 0 aliphatic heterocycles. The molecule has 0 spiro atoms. The Labute approximate surface area is 115 Å². The Kier molecular flexibility index (Phi) is 4.80. The first-order chi connectivity index (χ1) is 9.15. The lowest BCUT2D eigenvalue weighted by Gasteiger charge is -2.04. The highest BCUT2D eigenvalue weighted by molar-refractivity contribution is 5.80. The smallest absolute Gasteiger partial charge is 0.134 e. The van der Waals surface area contributed by atoms with Gasteiger partial charge in [0.1, 0.15) is 11.3 Å². The molecule has 1 aromatic heterocycles. The van der Waals surface area contributed by atoms with Crippen LogP contribution in [0.4, 0.5) is 0 Å². The lowest BCUT2D eigenvalue weighted by Crippen LogP contribution is -2.20. The summed E-state index contributed by atoms with van der Waals surface area (Å²) in [6.45, 7) is 8.65. The van der Waals surface area contributed by atoms with Crippen molar-refractivity contribution in [1.29, 1.82) is 0 Å². The maximum atomic E-state index is 5.76. The molecule has 0 saturated heterocycles. The molecule has 2 rings (SSSR count). The minimum atomic E-state index is 0.711. The first-order valence-corrected chi connectivity index (χ1v) is 7.02. The molecule has 2 heteroatoms. The van der Waals surface area contributed by atoms with E-state index in [0.717, 1.165) is 30.9 Å². The molecule has 0 aliphatic rings. The van der Waals surface area contributed by atoms with Crippen molar-refractivity contribution in [2.24, 2.45) is 5.92 Å². The summed E-state index contributed by atoms with van der Waals surface area (Å²) in [6.07, 6.45) is 5.26. The van der Waals surface area contributed by atoms with E-state index in [1.54, 1.807) is 0 Å². The van der Waals surface area contributed by atoms with Crippen LogP contribution in [-0.4, -0.2) is 13.1 Å². The number of nitrogens with one attached hydrogen (secondary N) is 1. The Hall–Kier alpha value is -1.54. The van der Waals surface area contributed by atoms with Gasteiger partial charge in [-0.25, -0.2) is 0 Å². The van der Waals surface area contributed by atoms with Crippen LogP contribution < -0.4 is 5.32 Å². The maximum Gasteiger partial charge on any atom is 0.134 e. The minimum absolute atomic E-state index is 0.711. The van der Waals surface area contributed by atoms with E-state index < -0.39 is 0 Å². The quantitative estimate of drug-likeness (QED) is 0.776. The fourth-order valence-electron chi connectivity index (χ4n) is 2.04. The van der Waals surface area contributed by atoms with Gasteiger partial charge >= 0.3 is 0 Å². The Morgan fingerprint density at radius 3 is 2.89 bits per heavy atom. The number of furan rings is 1. The van der Waals surface area contributed by atoms with Crippen molar-refractivity contribution in [2.45, 2.75) is 27.2 Å². The summed E-state index contributed by atoms with van der Waals surface area (Å²) in [5.41, 5.74) is 2.23. The molecule has 0 fully saturated rings. The van der Waals surface area contributed by atoms with Crippen molar-refractivity contribution in [3.63, 3.8) is 0 Å². The van der Waals surface area contributed by atoms with E-state index in [0.29, 0.717) is 5.92 Å². The second kappa shape index (κ2) is 6.58. The lowest BCUT2D eigenvalue weighted by molar-refractivity contribution is 0.556. The van der Waals surface area contributed by atoms with Gasteiger partial charge in [0.15, 0.2) is 0 Å². The highest BCUT2D eigenvalue weighted by atomic mass is 16.3. The maximum absolute atomic E-state index is 5.76. The normalized spacial score (nSPS) is 12.0. The molecule has 0 aliphatic carbocycles. The summed E-state index contributed by atoms with van der Waals surface area (Å²) in [5.74, 6) is 1.65. The zero-order chi connectivity index (χ0) is 13.7. The average molecular weight is 257 g/mol. The van der Waals surface area contributed by atoms with Crippen LogP contribution in [0.2, 0.25) is 0 Å². The van der Waals surface area contributed by atoms with Gasteiger partial charge in [0.2, 0.25) is 0 Å². The minimum Gasteiger partial charge on any atom is -0.457 e. The first-order valence-electron chi connectivity index (χ1n) is 7.02. The molecule has 1 N–H and O–H groups in total. The summed E-state index contributed by atoms with van der Waals surface area (Å²) in [5, 5.41) is 4.60. The molecule has 1 heterocycles. The average Bonchev–Trinajstić information content (AvgIpc) is 2.75. The van der Waals surface area contributed by atoms with E-state index in [4.69, 9.17) is 4.42 Å². The number of benzene rings is 1. The van der Waals surface area contributed by atoms with Gasteiger partial charge in [-0.2, -0.15) is 0 Å². The molecule has 0 unspecified atom stereocenters. The van der Waals surface area contributed by atoms with Gasteiger partial charge in [0.05, 0.1) is 0 Å². The van der Waals surface area contributed by atoms with Crippen LogP contribution in [0.3, 0.4) is 0 Å². The Morgan fingerprint density at radius 1 is 1.26 bits per heavy atom. The molecule has 0 saturated carbocycles. The molecule has 19 heavy (non-hydrogen) atoms. The SMILES string of the molecule is Cc1ccc2oc(/C=C/CCNCC(C)C)cc2c1. The molecule has 2 aromatic rings. The van der Waals surface area contributed by atoms with Crippen LogP contribution in [0.1, 0.15) is 31.6 Å². The van der Waals surface area contributed by atoms with Crippen LogP contribution in [0.25, 0.3) is 17.0 Å². The van der Waals surface area contributed by atoms with Crippen molar-refractivity contribution in [1.82, 2.24) is 5.32 Å². The molecule has 2 nitrogen and oxygen atoms in total. The fourth-order valence-corrected chi connectivity index (χ4v) is 2.04. The highest BCUT2D eigenvalue weighted by Gasteiger charge is 2.00. The topological polar surface area (TPSA) is 25.2 Å². The summed E-state index contributed by atoms with van der Waals surface area (Å²) < 4.78 is 5.76. The monoisotopic (exact) mass is 257 g/mol. The number of fused-ring (bicyclic) bond motifs is 1. The van der Waals surface area contributed by atoms with Crippen LogP contribution in [0, 0.1) is 12.8 Å². The van der Waals surface area contributed by atoms with E-state index in [2.05, 4.69) is 56.4 Å². The second-order valence-electron chi connectivity index (χ2n) is 5.48. The number of hydrogen-bond donors (Lipinski definition) is 1. The van der Waals surface area contributed by atoms with Gasteiger partial charge in [-0.3, -0.25) is 0 Å². The molecular weight excluding hydrogens is 234 g/mol. The fraction of sp³-hybridized carbons (Fsp3) is 0.412. The largest absolute Gasteiger partial charge is 0.457 e. The van der Waals surface area contributed by atoms with Gasteiger partial charge < -0.3 is 9.73 Å². The Balaban J connectivity index is 1.87. The van der Waals surface area contributed by atoms with Gasteiger partial charge in [-0.1, -0.05) is 31.6 Å². The zero-order valence-corrected chi connectivity index (χ0v) is 12.1. The van der Waals surface area contributed by atoms with Crippen LogP contribution in [0.15, 0.2) is 34.8 Å². The van der Waals surface area contributed by atoms with Gasteiger partial charge in [-0.05, 0) is 56.6 Å². The Bertz CT molecular complexity index is 551. The van der Waals surface area contributed by atoms with Crippen molar-refractivity contribution in [3.05, 3.63) is 41.7 Å². The summed E-state index contributed by atoms with van der Waals surface area (Å²) >= 11 is 0. The molecular formula is C17H23NO. The van der Waals surface area contributed by atoms with E-state index >= 15 is 0 Å².